The molecule has 0 spiro atoms. The van der Waals surface area contributed by atoms with Gasteiger partial charge in [-0.15, -0.1) is 0 Å². The zero-order valence-electron chi connectivity index (χ0n) is 12.0. The van der Waals surface area contributed by atoms with Crippen LogP contribution in [0.3, 0.4) is 0 Å². The van der Waals surface area contributed by atoms with Gasteiger partial charge in [0.2, 0.25) is 4.83 Å². The summed E-state index contributed by atoms with van der Waals surface area (Å²) < 4.78 is 9.64. The predicted molar refractivity (Wildman–Crippen MR) is 96.2 cm³/mol. The number of hydrogen-bond acceptors (Lipinski definition) is 4. The molecular formula is C15H18IN2OS2+. The summed E-state index contributed by atoms with van der Waals surface area (Å²) in [4.78, 5) is 7.71. The summed E-state index contributed by atoms with van der Waals surface area (Å²) in [5.41, 5.74) is 1.53. The second kappa shape index (κ2) is 5.85. The van der Waals surface area contributed by atoms with Crippen LogP contribution in [0.5, 0.6) is 5.88 Å². The van der Waals surface area contributed by atoms with E-state index < -0.39 is 0 Å². The van der Waals surface area contributed by atoms with Crippen LogP contribution in [0.1, 0.15) is 30.2 Å². The van der Waals surface area contributed by atoms with Gasteiger partial charge in [0.15, 0.2) is 0 Å². The van der Waals surface area contributed by atoms with Crippen LogP contribution in [0, 0.1) is 0 Å². The number of halogens is 1. The molecule has 1 atom stereocenters. The van der Waals surface area contributed by atoms with Crippen molar-refractivity contribution in [2.24, 2.45) is 0 Å². The Hall–Kier alpha value is -0.0800. The molecule has 0 saturated carbocycles. The number of fused-ring (bicyclic) bond motifs is 5. The van der Waals surface area contributed by atoms with Crippen LogP contribution in [-0.4, -0.2) is 21.3 Å². The average molecular weight is 433 g/mol. The number of thiophene rings is 1. The molecule has 1 aliphatic carbocycles. The van der Waals surface area contributed by atoms with E-state index >= 15 is 0 Å². The van der Waals surface area contributed by atoms with E-state index in [9.17, 15) is 0 Å². The van der Waals surface area contributed by atoms with Gasteiger partial charge < -0.3 is 4.74 Å². The number of hydrogen-bond donors (Lipinski definition) is 0. The van der Waals surface area contributed by atoms with E-state index in [1.165, 1.54) is 41.5 Å². The minimum atomic E-state index is 0.299. The van der Waals surface area contributed by atoms with E-state index in [-0.39, 0.29) is 0 Å². The molecule has 0 N–H and O–H groups in total. The van der Waals surface area contributed by atoms with Gasteiger partial charge in [-0.3, -0.25) is 0 Å². The lowest BCUT2D eigenvalue weighted by Crippen LogP contribution is -2.36. The first kappa shape index (κ1) is 14.5. The molecular weight excluding hydrogens is 415 g/mol. The maximum Gasteiger partial charge on any atom is 0.363 e. The van der Waals surface area contributed by atoms with Crippen molar-refractivity contribution >= 4 is 55.9 Å². The molecule has 21 heavy (non-hydrogen) atoms. The topological polar surface area (TPSA) is 26.0 Å². The van der Waals surface area contributed by atoms with E-state index in [0.29, 0.717) is 6.10 Å². The number of ether oxygens (including phenoxy) is 1. The van der Waals surface area contributed by atoms with Gasteiger partial charge in [-0.1, -0.05) is 40.9 Å². The van der Waals surface area contributed by atoms with Gasteiger partial charge >= 0.3 is 5.16 Å². The largest absolute Gasteiger partial charge is 0.453 e. The van der Waals surface area contributed by atoms with Crippen molar-refractivity contribution in [2.45, 2.75) is 50.4 Å². The highest BCUT2D eigenvalue weighted by Crippen LogP contribution is 2.41. The molecule has 112 valence electrons. The Balaban J connectivity index is 1.95. The van der Waals surface area contributed by atoms with Crippen molar-refractivity contribution in [2.75, 3.05) is 10.2 Å². The minimum absolute atomic E-state index is 0.299. The number of aromatic nitrogens is 2. The second-order valence-corrected chi connectivity index (χ2v) is 8.72. The van der Waals surface area contributed by atoms with Crippen molar-refractivity contribution in [3.05, 3.63) is 10.4 Å². The lowest BCUT2D eigenvalue weighted by atomic mass is 9.97. The van der Waals surface area contributed by atoms with Crippen LogP contribution in [0.4, 0.5) is 0 Å². The molecule has 4 rings (SSSR count). The molecule has 0 radical (unpaired) electrons. The van der Waals surface area contributed by atoms with Crippen LogP contribution in [0.25, 0.3) is 10.2 Å². The van der Waals surface area contributed by atoms with Gasteiger partial charge in [-0.25, -0.2) is 0 Å². The zero-order valence-corrected chi connectivity index (χ0v) is 15.8. The summed E-state index contributed by atoms with van der Waals surface area (Å²) >= 11 is 6.15. The highest BCUT2D eigenvalue weighted by atomic mass is 127. The predicted octanol–water partition coefficient (Wildman–Crippen LogP) is 3.77. The summed E-state index contributed by atoms with van der Waals surface area (Å²) in [6.07, 6.45) is 5.35. The summed E-state index contributed by atoms with van der Waals surface area (Å²) in [6.45, 7) is 3.14. The van der Waals surface area contributed by atoms with Gasteiger partial charge in [0.1, 0.15) is 18.0 Å². The van der Waals surface area contributed by atoms with Crippen LogP contribution < -0.4 is 9.30 Å². The maximum absolute atomic E-state index is 6.29. The number of nitrogens with zero attached hydrogens (tertiary/aromatic N) is 2. The molecule has 0 amide bonds. The first-order chi connectivity index (χ1) is 10.3. The monoisotopic (exact) mass is 433 g/mol. The number of aryl methyl sites for hydroxylation is 2. The summed E-state index contributed by atoms with van der Waals surface area (Å²) in [7, 11) is 0. The molecule has 2 aromatic rings. The summed E-state index contributed by atoms with van der Waals surface area (Å²) in [6, 6.07) is 0. The summed E-state index contributed by atoms with van der Waals surface area (Å²) in [5.74, 6) is 2.15. The molecule has 0 unspecified atom stereocenters. The Bertz CT molecular complexity index is 701. The van der Waals surface area contributed by atoms with Gasteiger partial charge in [-0.05, 0) is 48.0 Å². The highest BCUT2D eigenvalue weighted by Gasteiger charge is 2.36. The van der Waals surface area contributed by atoms with Crippen molar-refractivity contribution in [1.29, 1.82) is 0 Å². The SMILES string of the molecule is CCSc1nc2sc3c(c2c2[n+]1C[C@H](CI)O2)CCCC3. The first-order valence-corrected chi connectivity index (χ1v) is 10.9. The Labute approximate surface area is 146 Å². The average Bonchev–Trinajstić information content (AvgIpc) is 3.07. The van der Waals surface area contributed by atoms with Crippen LogP contribution in [0.15, 0.2) is 5.16 Å². The smallest absolute Gasteiger partial charge is 0.363 e. The molecule has 2 aromatic heterocycles. The van der Waals surface area contributed by atoms with E-state index in [1.807, 2.05) is 23.1 Å². The van der Waals surface area contributed by atoms with E-state index in [2.05, 4.69) is 34.1 Å². The Morgan fingerprint density at radius 2 is 2.29 bits per heavy atom. The lowest BCUT2D eigenvalue weighted by molar-refractivity contribution is -0.720. The van der Waals surface area contributed by atoms with Gasteiger partial charge in [-0.2, -0.15) is 4.57 Å². The standard InChI is InChI=1S/C15H18IN2OS2/c1-2-20-15-17-13-12(10-5-3-4-6-11(10)21-13)14-18(15)8-9(7-16)19-14/h9H,2-8H2,1H3/q+1/t9-/m0/s1. The van der Waals surface area contributed by atoms with Crippen LogP contribution >= 0.6 is 45.7 Å². The van der Waals surface area contributed by atoms with Gasteiger partial charge in [0.25, 0.3) is 5.88 Å². The number of rotatable bonds is 3. The second-order valence-electron chi connectivity index (χ2n) is 5.53. The third kappa shape index (κ3) is 2.37. The Morgan fingerprint density at radius 3 is 3.10 bits per heavy atom. The van der Waals surface area contributed by atoms with Gasteiger partial charge in [0.05, 0.1) is 0 Å². The molecule has 2 aliphatic rings. The third-order valence-electron chi connectivity index (χ3n) is 4.15. The fraction of sp³-hybridized carbons (Fsp3) is 0.600. The zero-order chi connectivity index (χ0) is 14.4. The van der Waals surface area contributed by atoms with Crippen LogP contribution in [-0.2, 0) is 19.4 Å². The molecule has 0 aromatic carbocycles. The molecule has 0 saturated heterocycles. The fourth-order valence-corrected chi connectivity index (χ4v) is 5.72. The van der Waals surface area contributed by atoms with E-state index in [0.717, 1.165) is 27.8 Å². The fourth-order valence-electron chi connectivity index (χ4n) is 3.22. The molecule has 3 nitrogen and oxygen atoms in total. The molecule has 0 fully saturated rings. The Kier molecular flexibility index (Phi) is 4.04. The van der Waals surface area contributed by atoms with Crippen molar-refractivity contribution in [3.63, 3.8) is 0 Å². The van der Waals surface area contributed by atoms with Crippen molar-refractivity contribution in [1.82, 2.24) is 4.98 Å². The third-order valence-corrected chi connectivity index (χ3v) is 7.18. The molecule has 3 heterocycles. The number of thioether (sulfide) groups is 1. The van der Waals surface area contributed by atoms with Crippen molar-refractivity contribution in [3.8, 4) is 5.88 Å². The van der Waals surface area contributed by atoms with E-state index in [4.69, 9.17) is 9.72 Å². The lowest BCUT2D eigenvalue weighted by Gasteiger charge is -2.10. The maximum atomic E-state index is 6.29. The normalized spacial score (nSPS) is 20.4. The first-order valence-electron chi connectivity index (χ1n) is 7.55. The minimum Gasteiger partial charge on any atom is -0.453 e. The Morgan fingerprint density at radius 1 is 1.43 bits per heavy atom. The molecule has 6 heteroatoms. The van der Waals surface area contributed by atoms with Gasteiger partial charge in [0, 0.05) is 15.1 Å². The highest BCUT2D eigenvalue weighted by molar-refractivity contribution is 14.1. The quantitative estimate of drug-likeness (QED) is 0.242. The number of alkyl halides is 1. The summed E-state index contributed by atoms with van der Waals surface area (Å²) in [5, 5.41) is 2.45. The molecule has 0 bridgehead atoms. The molecule has 1 aliphatic heterocycles. The van der Waals surface area contributed by atoms with Crippen LogP contribution in [0.2, 0.25) is 0 Å². The van der Waals surface area contributed by atoms with E-state index in [1.54, 1.807) is 4.88 Å². The van der Waals surface area contributed by atoms with Crippen molar-refractivity contribution < 1.29 is 9.30 Å².